The number of amides is 3. The first-order valence-electron chi connectivity index (χ1n) is 17.8. The van der Waals surface area contributed by atoms with Crippen molar-refractivity contribution >= 4 is 23.4 Å². The zero-order chi connectivity index (χ0) is 32.2. The second-order valence-electron chi connectivity index (χ2n) is 16.6. The summed E-state index contributed by atoms with van der Waals surface area (Å²) in [6.45, 7) is 16.2. The molecule has 0 spiro atoms. The fourth-order valence-electron chi connectivity index (χ4n) is 8.55. The largest absolute Gasteiger partial charge is 0.366 e. The van der Waals surface area contributed by atoms with Crippen molar-refractivity contribution in [3.8, 4) is 0 Å². The predicted octanol–water partition coefficient (Wildman–Crippen LogP) is 8.98. The fourth-order valence-corrected chi connectivity index (χ4v) is 8.55. The van der Waals surface area contributed by atoms with Crippen LogP contribution >= 0.6 is 0 Å². The van der Waals surface area contributed by atoms with Gasteiger partial charge in [-0.05, 0) is 124 Å². The highest BCUT2D eigenvalue weighted by molar-refractivity contribution is 6.02. The Balaban J connectivity index is 1.57. The number of nitrogens with two attached hydrogens (primary N) is 1. The topological polar surface area (TPSA) is 92.5 Å². The third-order valence-electron chi connectivity index (χ3n) is 11.5. The van der Waals surface area contributed by atoms with E-state index in [-0.39, 0.29) is 46.2 Å². The van der Waals surface area contributed by atoms with E-state index in [4.69, 9.17) is 5.73 Å². The highest BCUT2D eigenvalue weighted by Crippen LogP contribution is 2.43. The summed E-state index contributed by atoms with van der Waals surface area (Å²) in [6, 6.07) is 5.43. The summed E-state index contributed by atoms with van der Waals surface area (Å²) >= 11 is 0. The minimum atomic E-state index is -0.585. The molecule has 3 saturated carbocycles. The Bertz CT molecular complexity index is 1100. The maximum atomic E-state index is 14.6. The number of hydrogen-bond donors (Lipinski definition) is 2. The Hall–Kier alpha value is -2.37. The molecule has 0 radical (unpaired) electrons. The monoisotopic (exact) mass is 607 g/mol. The normalized spacial score (nSPS) is 28.2. The lowest BCUT2D eigenvalue weighted by Gasteiger charge is -2.47. The Labute approximate surface area is 267 Å². The molecule has 3 N–H and O–H groups in total. The van der Waals surface area contributed by atoms with Crippen molar-refractivity contribution in [1.29, 1.82) is 0 Å². The molecule has 0 atom stereocenters. The molecule has 1 aromatic rings. The van der Waals surface area contributed by atoms with Gasteiger partial charge in [-0.15, -0.1) is 0 Å². The molecule has 0 aliphatic heterocycles. The van der Waals surface area contributed by atoms with Crippen LogP contribution in [-0.2, 0) is 4.79 Å². The van der Waals surface area contributed by atoms with Crippen LogP contribution < -0.4 is 11.1 Å². The number of carbonyl (C=O) groups excluding carboxylic acids is 3. The zero-order valence-electron chi connectivity index (χ0n) is 28.8. The first-order valence-corrected chi connectivity index (χ1v) is 17.8. The highest BCUT2D eigenvalue weighted by atomic mass is 16.2. The van der Waals surface area contributed by atoms with Crippen LogP contribution in [0.2, 0.25) is 0 Å². The van der Waals surface area contributed by atoms with Gasteiger partial charge < -0.3 is 16.0 Å². The third-order valence-corrected chi connectivity index (χ3v) is 11.5. The average Bonchev–Trinajstić information content (AvgIpc) is 2.97. The quantitative estimate of drug-likeness (QED) is 0.309. The van der Waals surface area contributed by atoms with Crippen LogP contribution in [0.4, 0.5) is 5.69 Å². The van der Waals surface area contributed by atoms with Gasteiger partial charge in [0.1, 0.15) is 0 Å². The maximum absolute atomic E-state index is 14.6. The number of benzene rings is 1. The van der Waals surface area contributed by atoms with Gasteiger partial charge in [0.15, 0.2) is 0 Å². The number of anilines is 1. The molecule has 0 aromatic heterocycles. The van der Waals surface area contributed by atoms with Crippen molar-refractivity contribution in [2.45, 2.75) is 150 Å². The minimum absolute atomic E-state index is 0.0159. The van der Waals surface area contributed by atoms with E-state index in [0.29, 0.717) is 23.1 Å². The Morgan fingerprint density at radius 1 is 0.727 bits per heavy atom. The van der Waals surface area contributed by atoms with Crippen LogP contribution in [0.25, 0.3) is 0 Å². The van der Waals surface area contributed by atoms with Crippen LogP contribution in [0.1, 0.15) is 159 Å². The average molecular weight is 608 g/mol. The van der Waals surface area contributed by atoms with E-state index in [1.54, 1.807) is 18.2 Å². The summed E-state index contributed by atoms with van der Waals surface area (Å²) in [7, 11) is 0. The lowest BCUT2D eigenvalue weighted by molar-refractivity contribution is -0.121. The Morgan fingerprint density at radius 2 is 1.20 bits per heavy atom. The van der Waals surface area contributed by atoms with Gasteiger partial charge in [-0.1, -0.05) is 61.3 Å². The molecule has 3 fully saturated rings. The van der Waals surface area contributed by atoms with Gasteiger partial charge in [0.05, 0.1) is 0 Å². The minimum Gasteiger partial charge on any atom is -0.366 e. The lowest BCUT2D eigenvalue weighted by atomic mass is 9.69. The van der Waals surface area contributed by atoms with Gasteiger partial charge in [0.2, 0.25) is 11.8 Å². The molecule has 0 unspecified atom stereocenters. The van der Waals surface area contributed by atoms with E-state index in [1.807, 2.05) is 0 Å². The van der Waals surface area contributed by atoms with Gasteiger partial charge in [-0.3, -0.25) is 14.4 Å². The summed E-state index contributed by atoms with van der Waals surface area (Å²) in [5, 5.41) is 3.07. The molecule has 3 amide bonds. The molecule has 0 saturated heterocycles. The first kappa shape index (κ1) is 34.5. The highest BCUT2D eigenvalue weighted by Gasteiger charge is 2.40. The molecule has 6 heteroatoms. The van der Waals surface area contributed by atoms with Crippen LogP contribution in [-0.4, -0.2) is 34.7 Å². The number of nitrogens with one attached hydrogen (secondary N) is 1. The van der Waals surface area contributed by atoms with Crippen LogP contribution in [0, 0.1) is 34.5 Å². The summed E-state index contributed by atoms with van der Waals surface area (Å²) in [6.07, 6.45) is 14.9. The second-order valence-corrected chi connectivity index (χ2v) is 16.6. The molecule has 44 heavy (non-hydrogen) atoms. The number of nitrogens with zero attached hydrogens (tertiary/aromatic N) is 1. The molecule has 1 aromatic carbocycles. The van der Waals surface area contributed by atoms with E-state index in [9.17, 15) is 14.4 Å². The van der Waals surface area contributed by atoms with Crippen molar-refractivity contribution in [2.24, 2.45) is 40.2 Å². The molecular formula is C38H61N3O3. The van der Waals surface area contributed by atoms with Crippen LogP contribution in [0.3, 0.4) is 0 Å². The number of carbonyl (C=O) groups is 3. The van der Waals surface area contributed by atoms with Crippen molar-refractivity contribution in [3.63, 3.8) is 0 Å². The van der Waals surface area contributed by atoms with Crippen LogP contribution in [0.5, 0.6) is 0 Å². The first-order chi connectivity index (χ1) is 20.7. The molecular weight excluding hydrogens is 546 g/mol. The molecule has 3 aliphatic rings. The SMILES string of the molecule is CCCC1CCC(C(=O)Nc2cc(C(N)=O)cc(C(=O)N(C3CCC(C(C)(C)C)CC3)C3CCC(C(C)(C)C)CC3)c2)CC1. The van der Waals surface area contributed by atoms with Crippen molar-refractivity contribution in [3.05, 3.63) is 29.3 Å². The molecule has 0 heterocycles. The molecule has 246 valence electrons. The summed E-state index contributed by atoms with van der Waals surface area (Å²) < 4.78 is 0. The molecule has 0 bridgehead atoms. The second kappa shape index (κ2) is 14.4. The summed E-state index contributed by atoms with van der Waals surface area (Å²) in [5.74, 6) is 1.37. The maximum Gasteiger partial charge on any atom is 0.254 e. The smallest absolute Gasteiger partial charge is 0.254 e. The fraction of sp³-hybridized carbons (Fsp3) is 0.763. The lowest BCUT2D eigenvalue weighted by Crippen LogP contribution is -2.50. The van der Waals surface area contributed by atoms with Gasteiger partial charge in [-0.2, -0.15) is 0 Å². The standard InChI is InChI=1S/C38H61N3O3/c1-8-9-25-10-12-26(13-11-25)35(43)40-31-23-27(34(39)42)22-28(24-31)36(44)41(32-18-14-29(15-19-32)37(2,3)4)33-20-16-30(17-21-33)38(5,6)7/h22-26,29-30,32-33H,8-21H2,1-7H3,(H2,39,42)(H,40,43). The summed E-state index contributed by atoms with van der Waals surface area (Å²) in [4.78, 5) is 42.5. The van der Waals surface area contributed by atoms with E-state index in [0.717, 1.165) is 83.0 Å². The number of primary amides is 1. The van der Waals surface area contributed by atoms with Gasteiger partial charge in [0, 0.05) is 34.8 Å². The van der Waals surface area contributed by atoms with Gasteiger partial charge >= 0.3 is 0 Å². The van der Waals surface area contributed by atoms with Crippen LogP contribution in [0.15, 0.2) is 18.2 Å². The van der Waals surface area contributed by atoms with Crippen molar-refractivity contribution < 1.29 is 14.4 Å². The van der Waals surface area contributed by atoms with Crippen molar-refractivity contribution in [1.82, 2.24) is 4.90 Å². The van der Waals surface area contributed by atoms with E-state index >= 15 is 0 Å². The van der Waals surface area contributed by atoms with E-state index in [2.05, 4.69) is 58.7 Å². The zero-order valence-corrected chi connectivity index (χ0v) is 28.8. The Kier molecular flexibility index (Phi) is 11.3. The van der Waals surface area contributed by atoms with E-state index < -0.39 is 5.91 Å². The predicted molar refractivity (Wildman–Crippen MR) is 181 cm³/mol. The molecule has 4 rings (SSSR count). The van der Waals surface area contributed by atoms with Crippen molar-refractivity contribution in [2.75, 3.05) is 5.32 Å². The Morgan fingerprint density at radius 3 is 1.64 bits per heavy atom. The van der Waals surface area contributed by atoms with E-state index in [1.165, 1.54) is 12.8 Å². The van der Waals surface area contributed by atoms with Gasteiger partial charge in [-0.25, -0.2) is 0 Å². The summed E-state index contributed by atoms with van der Waals surface area (Å²) in [5.41, 5.74) is 7.52. The number of hydrogen-bond acceptors (Lipinski definition) is 3. The number of rotatable bonds is 8. The third kappa shape index (κ3) is 8.66. The van der Waals surface area contributed by atoms with Gasteiger partial charge in [0.25, 0.3) is 5.91 Å². The molecule has 6 nitrogen and oxygen atoms in total. The molecule has 3 aliphatic carbocycles.